The fourth-order valence-corrected chi connectivity index (χ4v) is 3.44. The first-order chi connectivity index (χ1) is 9.45. The van der Waals surface area contributed by atoms with Crippen molar-refractivity contribution in [2.45, 2.75) is 30.4 Å². The Balaban J connectivity index is 2.07. The number of hydrogen-bond acceptors (Lipinski definition) is 6. The van der Waals surface area contributed by atoms with Gasteiger partial charge in [0.25, 0.3) is 0 Å². The van der Waals surface area contributed by atoms with Gasteiger partial charge in [-0.2, -0.15) is 0 Å². The van der Waals surface area contributed by atoms with Crippen LogP contribution in [0.5, 0.6) is 0 Å². The van der Waals surface area contributed by atoms with Crippen molar-refractivity contribution in [3.05, 3.63) is 29.3 Å². The topological polar surface area (TPSA) is 80.9 Å². The zero-order valence-corrected chi connectivity index (χ0v) is 13.1. The van der Waals surface area contributed by atoms with Crippen molar-refractivity contribution in [2.75, 3.05) is 5.32 Å². The lowest BCUT2D eigenvalue weighted by atomic mass is 10.1. The van der Waals surface area contributed by atoms with Crippen LogP contribution in [0.1, 0.15) is 18.1 Å². The standard InChI is InChI=1S/C13H16N4OS2/c1-7-4-5-10(8(2)6-7)15-12-16-17-13(20-12)19-9(3)11(14)18/h4-6,9H,1-3H3,(H2,14,18)(H,15,16)/t9-/m1/s1. The number of aryl methyl sites for hydroxylation is 2. The average molecular weight is 308 g/mol. The van der Waals surface area contributed by atoms with Gasteiger partial charge in [0.05, 0.1) is 5.25 Å². The summed E-state index contributed by atoms with van der Waals surface area (Å²) in [5.41, 5.74) is 8.61. The molecule has 0 aliphatic heterocycles. The van der Waals surface area contributed by atoms with Gasteiger partial charge < -0.3 is 11.1 Å². The molecule has 0 spiro atoms. The number of nitrogens with zero attached hydrogens (tertiary/aromatic N) is 2. The van der Waals surface area contributed by atoms with Crippen LogP contribution in [0.25, 0.3) is 0 Å². The first-order valence-electron chi connectivity index (χ1n) is 6.09. The number of carbonyl (C=O) groups is 1. The van der Waals surface area contributed by atoms with Gasteiger partial charge in [0, 0.05) is 5.69 Å². The van der Waals surface area contributed by atoms with E-state index in [4.69, 9.17) is 5.73 Å². The number of primary amides is 1. The smallest absolute Gasteiger partial charge is 0.230 e. The zero-order valence-electron chi connectivity index (χ0n) is 11.5. The molecule has 1 heterocycles. The molecule has 0 aliphatic carbocycles. The van der Waals surface area contributed by atoms with Gasteiger partial charge in [0.15, 0.2) is 4.34 Å². The van der Waals surface area contributed by atoms with Gasteiger partial charge in [0.1, 0.15) is 0 Å². The summed E-state index contributed by atoms with van der Waals surface area (Å²) in [4.78, 5) is 11.0. The normalized spacial score (nSPS) is 12.2. The second-order valence-electron chi connectivity index (χ2n) is 4.48. The zero-order chi connectivity index (χ0) is 14.7. The molecular formula is C13H16N4OS2. The number of hydrogen-bond donors (Lipinski definition) is 2. The molecule has 1 aromatic heterocycles. The minimum atomic E-state index is -0.353. The average Bonchev–Trinajstić information content (AvgIpc) is 2.80. The quantitative estimate of drug-likeness (QED) is 0.830. The van der Waals surface area contributed by atoms with Crippen LogP contribution in [0.3, 0.4) is 0 Å². The van der Waals surface area contributed by atoms with Crippen LogP contribution in [0, 0.1) is 13.8 Å². The molecule has 5 nitrogen and oxygen atoms in total. The monoisotopic (exact) mass is 308 g/mol. The first-order valence-corrected chi connectivity index (χ1v) is 7.79. The molecule has 0 unspecified atom stereocenters. The summed E-state index contributed by atoms with van der Waals surface area (Å²) in [6.45, 7) is 5.86. The van der Waals surface area contributed by atoms with Crippen molar-refractivity contribution in [3.8, 4) is 0 Å². The number of aromatic nitrogens is 2. The Labute approximate surface area is 126 Å². The van der Waals surface area contributed by atoms with Crippen LogP contribution < -0.4 is 11.1 Å². The lowest BCUT2D eigenvalue weighted by molar-refractivity contribution is -0.117. The molecule has 0 saturated carbocycles. The van der Waals surface area contributed by atoms with E-state index in [9.17, 15) is 4.79 Å². The number of rotatable bonds is 5. The van der Waals surface area contributed by atoms with E-state index in [-0.39, 0.29) is 11.2 Å². The molecule has 1 amide bonds. The highest BCUT2D eigenvalue weighted by Gasteiger charge is 2.14. The number of thioether (sulfide) groups is 1. The molecule has 20 heavy (non-hydrogen) atoms. The largest absolute Gasteiger partial charge is 0.369 e. The van der Waals surface area contributed by atoms with Gasteiger partial charge in [-0.25, -0.2) is 0 Å². The van der Waals surface area contributed by atoms with Crippen LogP contribution in [0.15, 0.2) is 22.5 Å². The minimum Gasteiger partial charge on any atom is -0.369 e. The van der Waals surface area contributed by atoms with Crippen molar-refractivity contribution in [2.24, 2.45) is 5.73 Å². The predicted octanol–water partition coefficient (Wildman–Crippen LogP) is 2.86. The Hall–Kier alpha value is -1.60. The second-order valence-corrected chi connectivity index (χ2v) is 7.04. The van der Waals surface area contributed by atoms with Gasteiger partial charge in [-0.1, -0.05) is 40.8 Å². The van der Waals surface area contributed by atoms with Gasteiger partial charge >= 0.3 is 0 Å². The van der Waals surface area contributed by atoms with E-state index in [1.54, 1.807) is 6.92 Å². The molecule has 0 bridgehead atoms. The highest BCUT2D eigenvalue weighted by atomic mass is 32.2. The van der Waals surface area contributed by atoms with E-state index in [1.807, 2.05) is 19.1 Å². The Morgan fingerprint density at radius 2 is 2.15 bits per heavy atom. The summed E-state index contributed by atoms with van der Waals surface area (Å²) in [7, 11) is 0. The fourth-order valence-electron chi connectivity index (χ4n) is 1.59. The number of anilines is 2. The van der Waals surface area contributed by atoms with Crippen LogP contribution in [-0.4, -0.2) is 21.4 Å². The van der Waals surface area contributed by atoms with Crippen molar-refractivity contribution in [1.29, 1.82) is 0 Å². The molecule has 106 valence electrons. The molecule has 0 aliphatic rings. The third kappa shape index (κ3) is 3.71. The first kappa shape index (κ1) is 14.8. The van der Waals surface area contributed by atoms with E-state index in [1.165, 1.54) is 28.7 Å². The molecule has 3 N–H and O–H groups in total. The molecule has 0 fully saturated rings. The summed E-state index contributed by atoms with van der Waals surface area (Å²) in [6.07, 6.45) is 0. The molecule has 2 rings (SSSR count). The molecule has 1 atom stereocenters. The summed E-state index contributed by atoms with van der Waals surface area (Å²) >= 11 is 2.73. The van der Waals surface area contributed by atoms with E-state index in [0.29, 0.717) is 5.13 Å². The highest BCUT2D eigenvalue weighted by Crippen LogP contribution is 2.31. The molecule has 2 aromatic rings. The minimum absolute atomic E-state index is 0.308. The molecule has 0 saturated heterocycles. The number of carbonyl (C=O) groups excluding carboxylic acids is 1. The maximum atomic E-state index is 11.0. The Kier molecular flexibility index (Phi) is 4.61. The van der Waals surface area contributed by atoms with Gasteiger partial charge in [-0.15, -0.1) is 10.2 Å². The summed E-state index contributed by atoms with van der Waals surface area (Å²) in [6, 6.07) is 6.17. The molecule has 1 aromatic carbocycles. The maximum Gasteiger partial charge on any atom is 0.230 e. The van der Waals surface area contributed by atoms with Crippen molar-refractivity contribution in [1.82, 2.24) is 10.2 Å². The van der Waals surface area contributed by atoms with Gasteiger partial charge in [-0.05, 0) is 32.4 Å². The van der Waals surface area contributed by atoms with Crippen LogP contribution >= 0.6 is 23.1 Å². The maximum absolute atomic E-state index is 11.0. The summed E-state index contributed by atoms with van der Waals surface area (Å²) in [5, 5.41) is 11.7. The summed E-state index contributed by atoms with van der Waals surface area (Å²) in [5.74, 6) is -0.353. The number of nitrogens with one attached hydrogen (secondary N) is 1. The Morgan fingerprint density at radius 3 is 2.80 bits per heavy atom. The van der Waals surface area contributed by atoms with E-state index in [2.05, 4.69) is 28.5 Å². The fraction of sp³-hybridized carbons (Fsp3) is 0.308. The Bertz CT molecular complexity index is 627. The van der Waals surface area contributed by atoms with E-state index >= 15 is 0 Å². The third-order valence-corrected chi connectivity index (χ3v) is 4.75. The molecule has 7 heteroatoms. The predicted molar refractivity (Wildman–Crippen MR) is 83.6 cm³/mol. The molecular weight excluding hydrogens is 292 g/mol. The van der Waals surface area contributed by atoms with Crippen molar-refractivity contribution in [3.63, 3.8) is 0 Å². The van der Waals surface area contributed by atoms with Gasteiger partial charge in [-0.3, -0.25) is 4.79 Å². The number of nitrogens with two attached hydrogens (primary N) is 1. The summed E-state index contributed by atoms with van der Waals surface area (Å²) < 4.78 is 0.726. The Morgan fingerprint density at radius 1 is 1.40 bits per heavy atom. The van der Waals surface area contributed by atoms with Crippen LogP contribution in [0.2, 0.25) is 0 Å². The lowest BCUT2D eigenvalue weighted by Crippen LogP contribution is -2.22. The van der Waals surface area contributed by atoms with Crippen molar-refractivity contribution >= 4 is 39.8 Å². The van der Waals surface area contributed by atoms with Crippen molar-refractivity contribution < 1.29 is 4.79 Å². The molecule has 0 radical (unpaired) electrons. The number of amides is 1. The lowest BCUT2D eigenvalue weighted by Gasteiger charge is -2.06. The highest BCUT2D eigenvalue weighted by molar-refractivity contribution is 8.02. The van der Waals surface area contributed by atoms with Crippen LogP contribution in [0.4, 0.5) is 10.8 Å². The SMILES string of the molecule is Cc1ccc(Nc2nnc(S[C@H](C)C(N)=O)s2)c(C)c1. The van der Waals surface area contributed by atoms with Gasteiger partial charge in [0.2, 0.25) is 11.0 Å². The van der Waals surface area contributed by atoms with E-state index < -0.39 is 0 Å². The second kappa shape index (κ2) is 6.23. The van der Waals surface area contributed by atoms with Crippen LogP contribution in [-0.2, 0) is 4.79 Å². The number of benzene rings is 1. The van der Waals surface area contributed by atoms with E-state index in [0.717, 1.165) is 15.6 Å². The third-order valence-electron chi connectivity index (χ3n) is 2.71.